The third kappa shape index (κ3) is 5.08. The molecule has 0 spiro atoms. The smallest absolute Gasteiger partial charge is 0.317 e. The Bertz CT molecular complexity index is 615. The molecule has 7 heteroatoms. The molecule has 124 valence electrons. The van der Waals surface area contributed by atoms with Gasteiger partial charge in [0, 0.05) is 25.8 Å². The third-order valence-electron chi connectivity index (χ3n) is 3.23. The maximum Gasteiger partial charge on any atom is 0.317 e. The van der Waals surface area contributed by atoms with E-state index in [0.717, 1.165) is 11.3 Å². The zero-order valence-electron chi connectivity index (χ0n) is 13.2. The molecule has 1 heterocycles. The maximum atomic E-state index is 11.9. The van der Waals surface area contributed by atoms with E-state index in [0.29, 0.717) is 5.76 Å². The zero-order valence-corrected chi connectivity index (χ0v) is 13.2. The van der Waals surface area contributed by atoms with Gasteiger partial charge < -0.3 is 24.6 Å². The lowest BCUT2D eigenvalue weighted by atomic mass is 10.1. The van der Waals surface area contributed by atoms with Crippen LogP contribution in [0.4, 0.5) is 4.79 Å². The number of methoxy groups -OCH3 is 1. The summed E-state index contributed by atoms with van der Waals surface area (Å²) in [6, 6.07) is 11.1. The molecule has 1 aromatic heterocycles. The van der Waals surface area contributed by atoms with Gasteiger partial charge in [0.25, 0.3) is 0 Å². The SMILES string of the molecule is COCC(O)CN(C)C(=O)NCc1cc(-c2ccccc2)no1. The van der Waals surface area contributed by atoms with E-state index in [-0.39, 0.29) is 25.7 Å². The summed E-state index contributed by atoms with van der Waals surface area (Å²) in [5, 5.41) is 16.3. The van der Waals surface area contributed by atoms with Gasteiger partial charge in [-0.3, -0.25) is 0 Å². The van der Waals surface area contributed by atoms with Gasteiger partial charge in [-0.15, -0.1) is 0 Å². The Morgan fingerprint density at radius 1 is 1.43 bits per heavy atom. The van der Waals surface area contributed by atoms with Crippen molar-refractivity contribution < 1.29 is 19.2 Å². The van der Waals surface area contributed by atoms with Crippen LogP contribution in [0, 0.1) is 0 Å². The number of likely N-dealkylation sites (N-methyl/N-ethyl adjacent to an activating group) is 1. The highest BCUT2D eigenvalue weighted by atomic mass is 16.5. The van der Waals surface area contributed by atoms with E-state index in [9.17, 15) is 9.90 Å². The first kappa shape index (κ1) is 17.0. The van der Waals surface area contributed by atoms with Gasteiger partial charge in [-0.05, 0) is 0 Å². The van der Waals surface area contributed by atoms with E-state index < -0.39 is 6.10 Å². The van der Waals surface area contributed by atoms with E-state index in [1.807, 2.05) is 30.3 Å². The Morgan fingerprint density at radius 3 is 2.87 bits per heavy atom. The maximum absolute atomic E-state index is 11.9. The molecular formula is C16H21N3O4. The van der Waals surface area contributed by atoms with Crippen molar-refractivity contribution in [2.75, 3.05) is 27.3 Å². The molecule has 0 aliphatic rings. The van der Waals surface area contributed by atoms with Gasteiger partial charge in [-0.1, -0.05) is 35.5 Å². The number of urea groups is 1. The first-order valence-corrected chi connectivity index (χ1v) is 7.27. The summed E-state index contributed by atoms with van der Waals surface area (Å²) in [7, 11) is 3.10. The van der Waals surface area contributed by atoms with Crippen LogP contribution >= 0.6 is 0 Å². The highest BCUT2D eigenvalue weighted by Gasteiger charge is 2.14. The van der Waals surface area contributed by atoms with Crippen molar-refractivity contribution in [2.45, 2.75) is 12.6 Å². The van der Waals surface area contributed by atoms with Gasteiger partial charge in [0.15, 0.2) is 5.76 Å². The van der Waals surface area contributed by atoms with E-state index in [4.69, 9.17) is 9.26 Å². The quantitative estimate of drug-likeness (QED) is 0.807. The number of aliphatic hydroxyl groups excluding tert-OH is 1. The molecule has 2 aromatic rings. The summed E-state index contributed by atoms with van der Waals surface area (Å²) in [5.74, 6) is 0.558. The summed E-state index contributed by atoms with van der Waals surface area (Å²) >= 11 is 0. The largest absolute Gasteiger partial charge is 0.389 e. The summed E-state index contributed by atoms with van der Waals surface area (Å²) in [4.78, 5) is 13.3. The second-order valence-corrected chi connectivity index (χ2v) is 5.19. The number of hydrogen-bond donors (Lipinski definition) is 2. The molecule has 2 rings (SSSR count). The number of carbonyl (C=O) groups excluding carboxylic acids is 1. The van der Waals surface area contributed by atoms with Crippen LogP contribution in [0.25, 0.3) is 11.3 Å². The summed E-state index contributed by atoms with van der Waals surface area (Å²) < 4.78 is 10.0. The normalized spacial score (nSPS) is 12.0. The fraction of sp³-hybridized carbons (Fsp3) is 0.375. The molecule has 0 saturated heterocycles. The molecule has 2 N–H and O–H groups in total. The highest BCUT2D eigenvalue weighted by molar-refractivity contribution is 5.73. The Hall–Kier alpha value is -2.38. The standard InChI is InChI=1S/C16H21N3O4/c1-19(10-13(20)11-22-2)16(21)17-9-14-8-15(18-23-14)12-6-4-3-5-7-12/h3-8,13,20H,9-11H2,1-2H3,(H,17,21). The van der Waals surface area contributed by atoms with Gasteiger partial charge in [0.2, 0.25) is 0 Å². The van der Waals surface area contributed by atoms with E-state index in [2.05, 4.69) is 10.5 Å². The zero-order chi connectivity index (χ0) is 16.7. The number of hydrogen-bond acceptors (Lipinski definition) is 5. The van der Waals surface area contributed by atoms with Crippen molar-refractivity contribution >= 4 is 6.03 Å². The van der Waals surface area contributed by atoms with E-state index >= 15 is 0 Å². The Morgan fingerprint density at radius 2 is 2.17 bits per heavy atom. The van der Waals surface area contributed by atoms with Crippen LogP contribution in [0.5, 0.6) is 0 Å². The van der Waals surface area contributed by atoms with Crippen LogP contribution < -0.4 is 5.32 Å². The molecule has 0 radical (unpaired) electrons. The molecule has 1 atom stereocenters. The fourth-order valence-electron chi connectivity index (χ4n) is 2.08. The van der Waals surface area contributed by atoms with Gasteiger partial charge in [-0.25, -0.2) is 4.79 Å². The van der Waals surface area contributed by atoms with Crippen molar-refractivity contribution in [3.63, 3.8) is 0 Å². The first-order valence-electron chi connectivity index (χ1n) is 7.27. The predicted molar refractivity (Wildman–Crippen MR) is 84.7 cm³/mol. The van der Waals surface area contributed by atoms with Gasteiger partial charge >= 0.3 is 6.03 Å². The number of aromatic nitrogens is 1. The third-order valence-corrected chi connectivity index (χ3v) is 3.23. The number of aliphatic hydroxyl groups is 1. The van der Waals surface area contributed by atoms with Crippen molar-refractivity contribution in [1.29, 1.82) is 0 Å². The van der Waals surface area contributed by atoms with Crippen molar-refractivity contribution in [3.8, 4) is 11.3 Å². The minimum Gasteiger partial charge on any atom is -0.389 e. The summed E-state index contributed by atoms with van der Waals surface area (Å²) in [6.07, 6.45) is -0.717. The van der Waals surface area contributed by atoms with Crippen molar-refractivity contribution in [1.82, 2.24) is 15.4 Å². The molecule has 7 nitrogen and oxygen atoms in total. The molecule has 1 aromatic carbocycles. The van der Waals surface area contributed by atoms with Crippen molar-refractivity contribution in [3.05, 3.63) is 42.2 Å². The number of nitrogens with one attached hydrogen (secondary N) is 1. The van der Waals surface area contributed by atoms with E-state index in [1.165, 1.54) is 12.0 Å². The lowest BCUT2D eigenvalue weighted by Gasteiger charge is -2.20. The Kier molecular flexibility index (Phi) is 6.13. The second-order valence-electron chi connectivity index (χ2n) is 5.19. The lowest BCUT2D eigenvalue weighted by Crippen LogP contribution is -2.42. The minimum absolute atomic E-state index is 0.181. The number of nitrogens with zero attached hydrogens (tertiary/aromatic N) is 2. The number of rotatable bonds is 7. The Labute approximate surface area is 134 Å². The lowest BCUT2D eigenvalue weighted by molar-refractivity contribution is 0.0489. The van der Waals surface area contributed by atoms with Crippen LogP contribution in [-0.4, -0.2) is 54.6 Å². The minimum atomic E-state index is -0.717. The second kappa shape index (κ2) is 8.30. The van der Waals surface area contributed by atoms with Crippen LogP contribution in [0.15, 0.2) is 40.9 Å². The van der Waals surface area contributed by atoms with Crippen LogP contribution in [-0.2, 0) is 11.3 Å². The van der Waals surface area contributed by atoms with Gasteiger partial charge in [-0.2, -0.15) is 0 Å². The van der Waals surface area contributed by atoms with E-state index in [1.54, 1.807) is 13.1 Å². The molecule has 2 amide bonds. The number of amides is 2. The van der Waals surface area contributed by atoms with Crippen LogP contribution in [0.1, 0.15) is 5.76 Å². The predicted octanol–water partition coefficient (Wildman–Crippen LogP) is 1.49. The molecule has 1 unspecified atom stereocenters. The number of carbonyl (C=O) groups is 1. The molecular weight excluding hydrogens is 298 g/mol. The average Bonchev–Trinajstić information content (AvgIpc) is 3.02. The monoisotopic (exact) mass is 319 g/mol. The molecule has 0 aliphatic carbocycles. The van der Waals surface area contributed by atoms with Crippen LogP contribution in [0.3, 0.4) is 0 Å². The number of ether oxygens (including phenoxy) is 1. The van der Waals surface area contributed by atoms with Crippen molar-refractivity contribution in [2.24, 2.45) is 0 Å². The molecule has 0 saturated carbocycles. The van der Waals surface area contributed by atoms with Gasteiger partial charge in [0.1, 0.15) is 5.69 Å². The molecule has 0 bridgehead atoms. The van der Waals surface area contributed by atoms with Crippen LogP contribution in [0.2, 0.25) is 0 Å². The summed E-state index contributed by atoms with van der Waals surface area (Å²) in [6.45, 7) is 0.592. The fourth-order valence-corrected chi connectivity index (χ4v) is 2.08. The summed E-state index contributed by atoms with van der Waals surface area (Å²) in [5.41, 5.74) is 1.67. The number of benzene rings is 1. The van der Waals surface area contributed by atoms with Gasteiger partial charge in [0.05, 0.1) is 25.8 Å². The molecule has 23 heavy (non-hydrogen) atoms. The first-order chi connectivity index (χ1) is 11.1. The average molecular weight is 319 g/mol. The Balaban J connectivity index is 1.84. The topological polar surface area (TPSA) is 87.8 Å². The molecule has 0 fully saturated rings. The molecule has 0 aliphatic heterocycles. The highest BCUT2D eigenvalue weighted by Crippen LogP contribution is 2.18.